The molecule has 1 N–H and O–H groups in total. The molecule has 26 heavy (non-hydrogen) atoms. The molecule has 0 saturated carbocycles. The van der Waals surface area contributed by atoms with Gasteiger partial charge in [0.25, 0.3) is 0 Å². The fourth-order valence-corrected chi connectivity index (χ4v) is 2.97. The van der Waals surface area contributed by atoms with E-state index >= 15 is 0 Å². The van der Waals surface area contributed by atoms with Crippen LogP contribution in [-0.2, 0) is 5.41 Å². The second-order valence-corrected chi connectivity index (χ2v) is 7.73. The Hall–Kier alpha value is -2.29. The lowest BCUT2D eigenvalue weighted by molar-refractivity contribution is 0.572. The van der Waals surface area contributed by atoms with Gasteiger partial charge in [0.05, 0.1) is 6.33 Å². The highest BCUT2D eigenvalue weighted by Crippen LogP contribution is 2.17. The van der Waals surface area contributed by atoms with Crippen molar-refractivity contribution >= 4 is 17.6 Å². The number of aromatic amines is 1. The van der Waals surface area contributed by atoms with E-state index in [-0.39, 0.29) is 5.41 Å². The lowest BCUT2D eigenvalue weighted by Crippen LogP contribution is -2.41. The molecule has 0 radical (unpaired) electrons. The largest absolute Gasteiger partial charge is 0.348 e. The highest BCUT2D eigenvalue weighted by atomic mass is 14.9. The molecule has 3 rings (SSSR count). The average Bonchev–Trinajstić information content (AvgIpc) is 3.20. The maximum Gasteiger partial charge on any atom is 0.209 e. The third-order valence-corrected chi connectivity index (χ3v) is 4.56. The van der Waals surface area contributed by atoms with E-state index in [0.29, 0.717) is 6.71 Å². The van der Waals surface area contributed by atoms with Gasteiger partial charge < -0.3 is 4.98 Å². The van der Waals surface area contributed by atoms with E-state index in [4.69, 9.17) is 0 Å². The predicted molar refractivity (Wildman–Crippen MR) is 115 cm³/mol. The van der Waals surface area contributed by atoms with Crippen LogP contribution in [0.15, 0.2) is 73.2 Å². The van der Waals surface area contributed by atoms with Gasteiger partial charge in [0.2, 0.25) is 6.71 Å². The lowest BCUT2D eigenvalue weighted by atomic mass is 9.38. The number of nitrogens with zero attached hydrogens (tertiary/aromatic N) is 1. The normalized spacial score (nSPS) is 10.8. The van der Waals surface area contributed by atoms with Crippen molar-refractivity contribution in [1.29, 1.82) is 0 Å². The van der Waals surface area contributed by atoms with E-state index in [0.717, 1.165) is 0 Å². The number of hydrogen-bond acceptors (Lipinski definition) is 1. The molecule has 0 bridgehead atoms. The number of imidazole rings is 1. The summed E-state index contributed by atoms with van der Waals surface area (Å²) in [5, 5.41) is 0. The molecule has 0 spiro atoms. The Kier molecular flexibility index (Phi) is 7.71. The number of aromatic nitrogens is 2. The van der Waals surface area contributed by atoms with Crippen LogP contribution in [0, 0.1) is 0 Å². The molecule has 1 heterocycles. The summed E-state index contributed by atoms with van der Waals surface area (Å²) in [6.45, 7) is 9.27. The number of hydrogen-bond donors (Lipinski definition) is 1. The number of H-pyrrole nitrogens is 1. The fourth-order valence-electron chi connectivity index (χ4n) is 2.97. The van der Waals surface area contributed by atoms with Gasteiger partial charge in [-0.2, -0.15) is 0 Å². The molecule has 2 nitrogen and oxygen atoms in total. The van der Waals surface area contributed by atoms with Gasteiger partial charge in [0.1, 0.15) is 0 Å². The van der Waals surface area contributed by atoms with Gasteiger partial charge in [-0.3, -0.25) is 0 Å². The molecule has 0 unspecified atom stereocenters. The standard InChI is InChI=1S/C16H19B.C7H12N2/c1-2-3-14-17(15-10-6-4-7-11-15)16-12-8-5-9-13-16;1-7(2,3)6-4-8-5-9-6/h4-13H,2-3,14H2,1H3;4-5H,1-3H3,(H,8,9). The minimum atomic E-state index is 0.205. The molecule has 136 valence electrons. The predicted octanol–water partition coefficient (Wildman–Crippen LogP) is 4.80. The number of unbranched alkanes of at least 4 members (excludes halogenated alkanes) is 1. The second kappa shape index (κ2) is 10.0. The molecule has 3 aromatic rings. The van der Waals surface area contributed by atoms with Gasteiger partial charge in [-0.1, -0.05) is 118 Å². The van der Waals surface area contributed by atoms with Gasteiger partial charge in [0, 0.05) is 17.3 Å². The quantitative estimate of drug-likeness (QED) is 0.661. The molecule has 0 atom stereocenters. The first-order chi connectivity index (χ1) is 12.5. The van der Waals surface area contributed by atoms with Crippen molar-refractivity contribution in [1.82, 2.24) is 9.97 Å². The molecule has 1 aromatic heterocycles. The lowest BCUT2D eigenvalue weighted by Gasteiger charge is -2.14. The van der Waals surface area contributed by atoms with Crippen molar-refractivity contribution < 1.29 is 0 Å². The Balaban J connectivity index is 0.000000228. The van der Waals surface area contributed by atoms with Gasteiger partial charge in [-0.15, -0.1) is 0 Å². The summed E-state index contributed by atoms with van der Waals surface area (Å²) >= 11 is 0. The summed E-state index contributed by atoms with van der Waals surface area (Å²) in [5.41, 5.74) is 4.26. The van der Waals surface area contributed by atoms with Crippen LogP contribution in [0.3, 0.4) is 0 Å². The van der Waals surface area contributed by atoms with Crippen LogP contribution in [0.4, 0.5) is 0 Å². The molecule has 0 saturated heterocycles. The van der Waals surface area contributed by atoms with E-state index in [1.165, 1.54) is 35.8 Å². The maximum atomic E-state index is 3.93. The van der Waals surface area contributed by atoms with Crippen LogP contribution < -0.4 is 10.9 Å². The first-order valence-electron chi connectivity index (χ1n) is 9.61. The second-order valence-electron chi connectivity index (χ2n) is 7.73. The first kappa shape index (κ1) is 20.0. The van der Waals surface area contributed by atoms with Crippen molar-refractivity contribution in [3.63, 3.8) is 0 Å². The monoisotopic (exact) mass is 346 g/mol. The smallest absolute Gasteiger partial charge is 0.209 e. The zero-order valence-electron chi connectivity index (χ0n) is 16.6. The molecule has 0 fully saturated rings. The Bertz CT molecular complexity index is 676. The molecule has 2 aromatic carbocycles. The minimum Gasteiger partial charge on any atom is -0.348 e. The summed E-state index contributed by atoms with van der Waals surface area (Å²) in [4.78, 5) is 7.00. The Morgan fingerprint density at radius 3 is 1.77 bits per heavy atom. The van der Waals surface area contributed by atoms with Crippen molar-refractivity contribution in [2.75, 3.05) is 0 Å². The Morgan fingerprint density at radius 1 is 0.885 bits per heavy atom. The van der Waals surface area contributed by atoms with Gasteiger partial charge in [0.15, 0.2) is 0 Å². The van der Waals surface area contributed by atoms with Gasteiger partial charge >= 0.3 is 0 Å². The van der Waals surface area contributed by atoms with Gasteiger partial charge in [-0.25, -0.2) is 4.98 Å². The summed E-state index contributed by atoms with van der Waals surface area (Å²) in [7, 11) is 0. The molecule has 0 aliphatic carbocycles. The Labute approximate surface area is 159 Å². The van der Waals surface area contributed by atoms with Crippen LogP contribution in [-0.4, -0.2) is 16.7 Å². The zero-order chi connectivity index (χ0) is 18.8. The zero-order valence-corrected chi connectivity index (χ0v) is 16.6. The van der Waals surface area contributed by atoms with Crippen molar-refractivity contribution in [3.05, 3.63) is 78.9 Å². The minimum absolute atomic E-state index is 0.205. The molecular weight excluding hydrogens is 315 g/mol. The van der Waals surface area contributed by atoms with Crippen LogP contribution >= 0.6 is 0 Å². The van der Waals surface area contributed by atoms with Crippen molar-refractivity contribution in [3.8, 4) is 0 Å². The molecule has 3 heteroatoms. The fraction of sp³-hybridized carbons (Fsp3) is 0.348. The number of benzene rings is 2. The Morgan fingerprint density at radius 2 is 1.42 bits per heavy atom. The molecule has 0 aliphatic heterocycles. The average molecular weight is 346 g/mol. The highest BCUT2D eigenvalue weighted by Gasteiger charge is 2.17. The van der Waals surface area contributed by atoms with E-state index in [1.807, 2.05) is 6.20 Å². The van der Waals surface area contributed by atoms with Crippen LogP contribution in [0.1, 0.15) is 46.2 Å². The molecular formula is C23H31BN2. The first-order valence-corrected chi connectivity index (χ1v) is 9.61. The molecule has 0 aliphatic rings. The van der Waals surface area contributed by atoms with E-state index in [2.05, 4.69) is 98.3 Å². The number of rotatable bonds is 5. The van der Waals surface area contributed by atoms with Crippen LogP contribution in [0.5, 0.6) is 0 Å². The van der Waals surface area contributed by atoms with E-state index in [1.54, 1.807) is 6.33 Å². The summed E-state index contributed by atoms with van der Waals surface area (Å²) in [5.74, 6) is 0. The van der Waals surface area contributed by atoms with Crippen LogP contribution in [0.2, 0.25) is 6.32 Å². The van der Waals surface area contributed by atoms with Gasteiger partial charge in [-0.05, 0) is 0 Å². The van der Waals surface area contributed by atoms with Crippen molar-refractivity contribution in [2.24, 2.45) is 0 Å². The SMILES string of the molecule is CC(C)(C)c1cnc[nH]1.CCCCB(c1ccccc1)c1ccccc1. The number of nitrogens with one attached hydrogen (secondary N) is 1. The molecule has 0 amide bonds. The third kappa shape index (κ3) is 6.22. The topological polar surface area (TPSA) is 28.7 Å². The third-order valence-electron chi connectivity index (χ3n) is 4.56. The van der Waals surface area contributed by atoms with Crippen molar-refractivity contribution in [2.45, 2.75) is 52.3 Å². The summed E-state index contributed by atoms with van der Waals surface area (Å²) in [6, 6.07) is 21.7. The summed E-state index contributed by atoms with van der Waals surface area (Å²) in [6.07, 6.45) is 7.36. The maximum absolute atomic E-state index is 3.93. The summed E-state index contributed by atoms with van der Waals surface area (Å²) < 4.78 is 0. The van der Waals surface area contributed by atoms with E-state index < -0.39 is 0 Å². The highest BCUT2D eigenvalue weighted by molar-refractivity contribution is 6.85. The van der Waals surface area contributed by atoms with E-state index in [9.17, 15) is 0 Å². The van der Waals surface area contributed by atoms with Crippen LogP contribution in [0.25, 0.3) is 0 Å².